The SMILES string of the molecule is CCOC(=O)[C@H]1[C@H](c2ccc(C(F)(F)F)cc2)[C@]12C(=O)Nc1ccccc12. The van der Waals surface area contributed by atoms with Gasteiger partial charge < -0.3 is 10.1 Å². The number of anilines is 1. The molecular weight excluding hydrogens is 359 g/mol. The summed E-state index contributed by atoms with van der Waals surface area (Å²) in [5.74, 6) is -2.18. The lowest BCUT2D eigenvalue weighted by molar-refractivity contribution is -0.146. The minimum Gasteiger partial charge on any atom is -0.466 e. The molecule has 0 radical (unpaired) electrons. The Morgan fingerprint density at radius 3 is 2.44 bits per heavy atom. The molecule has 1 amide bonds. The average Bonchev–Trinajstić information content (AvgIpc) is 3.24. The topological polar surface area (TPSA) is 55.4 Å². The van der Waals surface area contributed by atoms with Crippen molar-refractivity contribution in [2.24, 2.45) is 5.92 Å². The summed E-state index contributed by atoms with van der Waals surface area (Å²) in [4.78, 5) is 25.4. The summed E-state index contributed by atoms with van der Waals surface area (Å²) >= 11 is 0. The lowest BCUT2D eigenvalue weighted by atomic mass is 9.91. The number of para-hydroxylation sites is 1. The molecule has 4 rings (SSSR count). The van der Waals surface area contributed by atoms with Gasteiger partial charge in [0.1, 0.15) is 0 Å². The molecule has 140 valence electrons. The molecule has 1 saturated carbocycles. The molecule has 0 aromatic heterocycles. The van der Waals surface area contributed by atoms with Crippen LogP contribution in [0.3, 0.4) is 0 Å². The van der Waals surface area contributed by atoms with Gasteiger partial charge in [0, 0.05) is 11.6 Å². The van der Waals surface area contributed by atoms with Crippen molar-refractivity contribution in [3.63, 3.8) is 0 Å². The molecule has 0 unspecified atom stereocenters. The summed E-state index contributed by atoms with van der Waals surface area (Å²) in [6, 6.07) is 11.7. The first-order chi connectivity index (χ1) is 12.8. The second-order valence-corrected chi connectivity index (χ2v) is 6.70. The highest BCUT2D eigenvalue weighted by Crippen LogP contribution is 2.69. The number of amides is 1. The molecule has 7 heteroatoms. The Hall–Kier alpha value is -2.83. The third kappa shape index (κ3) is 2.44. The number of carbonyl (C=O) groups is 2. The number of halogens is 3. The van der Waals surface area contributed by atoms with Crippen molar-refractivity contribution in [1.29, 1.82) is 0 Å². The number of rotatable bonds is 3. The summed E-state index contributed by atoms with van der Waals surface area (Å²) in [5, 5.41) is 2.79. The van der Waals surface area contributed by atoms with Crippen LogP contribution >= 0.6 is 0 Å². The molecule has 1 aliphatic carbocycles. The molecule has 2 aliphatic rings. The Bertz CT molecular complexity index is 923. The molecule has 1 aliphatic heterocycles. The maximum atomic E-state index is 12.9. The van der Waals surface area contributed by atoms with Gasteiger partial charge in [0.25, 0.3) is 0 Å². The number of nitrogens with one attached hydrogen (secondary N) is 1. The molecule has 1 spiro atoms. The number of hydrogen-bond acceptors (Lipinski definition) is 3. The highest BCUT2D eigenvalue weighted by Gasteiger charge is 2.76. The quantitative estimate of drug-likeness (QED) is 0.829. The number of carbonyl (C=O) groups excluding carboxylic acids is 2. The van der Waals surface area contributed by atoms with Gasteiger partial charge in [-0.3, -0.25) is 9.59 Å². The monoisotopic (exact) mass is 375 g/mol. The van der Waals surface area contributed by atoms with E-state index < -0.39 is 35.0 Å². The fourth-order valence-corrected chi connectivity index (χ4v) is 4.20. The van der Waals surface area contributed by atoms with Crippen molar-refractivity contribution in [2.75, 3.05) is 11.9 Å². The minimum absolute atomic E-state index is 0.161. The number of ether oxygens (including phenoxy) is 1. The van der Waals surface area contributed by atoms with E-state index in [-0.39, 0.29) is 12.5 Å². The predicted molar refractivity (Wildman–Crippen MR) is 91.1 cm³/mol. The lowest BCUT2D eigenvalue weighted by Gasteiger charge is -2.10. The Morgan fingerprint density at radius 1 is 1.15 bits per heavy atom. The van der Waals surface area contributed by atoms with Crippen molar-refractivity contribution in [1.82, 2.24) is 0 Å². The Labute approximate surface area is 153 Å². The van der Waals surface area contributed by atoms with Gasteiger partial charge in [0.2, 0.25) is 5.91 Å². The van der Waals surface area contributed by atoms with Crippen molar-refractivity contribution < 1.29 is 27.5 Å². The molecular formula is C20H16F3NO3. The molecule has 3 atom stereocenters. The smallest absolute Gasteiger partial charge is 0.416 e. The zero-order valence-corrected chi connectivity index (χ0v) is 14.3. The number of alkyl halides is 3. The van der Waals surface area contributed by atoms with E-state index in [1.807, 2.05) is 0 Å². The average molecular weight is 375 g/mol. The highest BCUT2D eigenvalue weighted by molar-refractivity contribution is 6.14. The van der Waals surface area contributed by atoms with Gasteiger partial charge in [-0.1, -0.05) is 30.3 Å². The van der Waals surface area contributed by atoms with Crippen LogP contribution in [-0.2, 0) is 25.9 Å². The van der Waals surface area contributed by atoms with Gasteiger partial charge in [0.15, 0.2) is 0 Å². The summed E-state index contributed by atoms with van der Waals surface area (Å²) < 4.78 is 43.7. The molecule has 1 N–H and O–H groups in total. The summed E-state index contributed by atoms with van der Waals surface area (Å²) in [6.45, 7) is 1.83. The first-order valence-electron chi connectivity index (χ1n) is 8.56. The van der Waals surface area contributed by atoms with E-state index in [1.165, 1.54) is 12.1 Å². The van der Waals surface area contributed by atoms with Gasteiger partial charge in [-0.25, -0.2) is 0 Å². The lowest BCUT2D eigenvalue weighted by Crippen LogP contribution is -2.25. The van der Waals surface area contributed by atoms with Crippen LogP contribution in [0.2, 0.25) is 0 Å². The first-order valence-corrected chi connectivity index (χ1v) is 8.56. The van der Waals surface area contributed by atoms with Crippen LogP contribution in [0.25, 0.3) is 0 Å². The molecule has 4 nitrogen and oxygen atoms in total. The third-order valence-electron chi connectivity index (χ3n) is 5.34. The molecule has 2 aromatic carbocycles. The van der Waals surface area contributed by atoms with Gasteiger partial charge >= 0.3 is 12.1 Å². The van der Waals surface area contributed by atoms with Gasteiger partial charge in [-0.15, -0.1) is 0 Å². The highest BCUT2D eigenvalue weighted by atomic mass is 19.4. The number of fused-ring (bicyclic) bond motifs is 2. The fourth-order valence-electron chi connectivity index (χ4n) is 4.20. The fraction of sp³-hybridized carbons (Fsp3) is 0.300. The van der Waals surface area contributed by atoms with Gasteiger partial charge in [0.05, 0.1) is 23.5 Å². The number of hydrogen-bond donors (Lipinski definition) is 1. The zero-order chi connectivity index (χ0) is 19.4. The van der Waals surface area contributed by atoms with E-state index in [4.69, 9.17) is 4.74 Å². The van der Waals surface area contributed by atoms with Gasteiger partial charge in [-0.05, 0) is 36.2 Å². The summed E-state index contributed by atoms with van der Waals surface area (Å²) in [7, 11) is 0. The standard InChI is InChI=1S/C20H16F3NO3/c1-2-27-17(25)16-15(11-7-9-12(10-8-11)20(21,22)23)19(16)13-5-3-4-6-14(13)24-18(19)26/h3-10,15-16H,2H2,1H3,(H,24,26)/t15-,16+,19-/m0/s1. The van der Waals surface area contributed by atoms with E-state index in [9.17, 15) is 22.8 Å². The molecule has 2 aromatic rings. The van der Waals surface area contributed by atoms with Crippen molar-refractivity contribution in [2.45, 2.75) is 24.4 Å². The summed E-state index contributed by atoms with van der Waals surface area (Å²) in [6.07, 6.45) is -4.45. The molecule has 0 saturated heterocycles. The van der Waals surface area contributed by atoms with Crippen molar-refractivity contribution in [3.05, 3.63) is 65.2 Å². The Kier molecular flexibility index (Phi) is 3.80. The van der Waals surface area contributed by atoms with E-state index in [0.29, 0.717) is 16.8 Å². The second-order valence-electron chi connectivity index (χ2n) is 6.70. The largest absolute Gasteiger partial charge is 0.466 e. The van der Waals surface area contributed by atoms with Crippen LogP contribution < -0.4 is 5.32 Å². The molecule has 1 heterocycles. The maximum Gasteiger partial charge on any atom is 0.416 e. The van der Waals surface area contributed by atoms with Crippen LogP contribution in [-0.4, -0.2) is 18.5 Å². The molecule has 1 fully saturated rings. The minimum atomic E-state index is -4.45. The van der Waals surface area contributed by atoms with Crippen LogP contribution in [0.5, 0.6) is 0 Å². The maximum absolute atomic E-state index is 12.9. The second kappa shape index (κ2) is 5.84. The van der Waals surface area contributed by atoms with Crippen LogP contribution in [0, 0.1) is 5.92 Å². The molecule has 0 bridgehead atoms. The third-order valence-corrected chi connectivity index (χ3v) is 5.34. The predicted octanol–water partition coefficient (Wildman–Crippen LogP) is 3.87. The Morgan fingerprint density at radius 2 is 1.81 bits per heavy atom. The van der Waals surface area contributed by atoms with Crippen molar-refractivity contribution >= 4 is 17.6 Å². The van der Waals surface area contributed by atoms with Gasteiger partial charge in [-0.2, -0.15) is 13.2 Å². The zero-order valence-electron chi connectivity index (χ0n) is 14.3. The van der Waals surface area contributed by atoms with E-state index in [0.717, 1.165) is 12.1 Å². The summed E-state index contributed by atoms with van der Waals surface area (Å²) in [5.41, 5.74) is -0.107. The Balaban J connectivity index is 1.79. The number of esters is 1. The normalized spacial score (nSPS) is 25.9. The van der Waals surface area contributed by atoms with E-state index >= 15 is 0 Å². The van der Waals surface area contributed by atoms with Crippen LogP contribution in [0.15, 0.2) is 48.5 Å². The van der Waals surface area contributed by atoms with E-state index in [2.05, 4.69) is 5.32 Å². The first kappa shape index (κ1) is 17.6. The number of benzene rings is 2. The van der Waals surface area contributed by atoms with Crippen LogP contribution in [0.1, 0.15) is 29.5 Å². The van der Waals surface area contributed by atoms with E-state index in [1.54, 1.807) is 31.2 Å². The van der Waals surface area contributed by atoms with Crippen LogP contribution in [0.4, 0.5) is 18.9 Å². The molecule has 27 heavy (non-hydrogen) atoms. The van der Waals surface area contributed by atoms with Crippen molar-refractivity contribution in [3.8, 4) is 0 Å².